The van der Waals surface area contributed by atoms with Gasteiger partial charge in [0.25, 0.3) is 0 Å². The summed E-state index contributed by atoms with van der Waals surface area (Å²) in [5.74, 6) is -0.954. The zero-order chi connectivity index (χ0) is 16.8. The molecule has 6 heteroatoms. The summed E-state index contributed by atoms with van der Waals surface area (Å²) in [5.41, 5.74) is 6.01. The van der Waals surface area contributed by atoms with Crippen molar-refractivity contribution in [2.75, 3.05) is 13.7 Å². The molecule has 0 heterocycles. The number of benzene rings is 1. The summed E-state index contributed by atoms with van der Waals surface area (Å²) in [5, 5.41) is 9.09. The highest BCUT2D eigenvalue weighted by Crippen LogP contribution is 2.00. The first-order chi connectivity index (χ1) is 10.5. The molecule has 0 bridgehead atoms. The van der Waals surface area contributed by atoms with Crippen LogP contribution in [0, 0.1) is 0 Å². The van der Waals surface area contributed by atoms with Crippen molar-refractivity contribution < 1.29 is 24.2 Å². The van der Waals surface area contributed by atoms with Crippen LogP contribution in [0.4, 0.5) is 0 Å². The maximum absolute atomic E-state index is 10.5. The predicted octanol–water partition coefficient (Wildman–Crippen LogP) is 1.18. The first kappa shape index (κ1) is 19.8. The minimum atomic E-state index is -1.11. The summed E-state index contributed by atoms with van der Waals surface area (Å²) in [6.07, 6.45) is 2.56. The monoisotopic (exact) mass is 309 g/mol. The number of methoxy groups -OCH3 is 1. The maximum Gasteiger partial charge on any atom is 0.302 e. The Morgan fingerprint density at radius 1 is 1.27 bits per heavy atom. The molecule has 0 spiro atoms. The number of aliphatic hydroxyl groups excluding tert-OH is 1. The van der Waals surface area contributed by atoms with Gasteiger partial charge in [-0.05, 0) is 5.56 Å². The number of esters is 1. The topological polar surface area (TPSA) is 98.9 Å². The lowest BCUT2D eigenvalue weighted by atomic mass is 10.2. The van der Waals surface area contributed by atoms with Gasteiger partial charge in [-0.25, -0.2) is 0 Å². The quantitative estimate of drug-likeness (QED) is 0.447. The molecule has 1 aromatic rings. The Bertz CT molecular complexity index is 459. The van der Waals surface area contributed by atoms with Gasteiger partial charge in [-0.2, -0.15) is 0 Å². The lowest BCUT2D eigenvalue weighted by Gasteiger charge is -2.02. The molecule has 0 aliphatic carbocycles. The average Bonchev–Trinajstić information content (AvgIpc) is 2.51. The van der Waals surface area contributed by atoms with Crippen LogP contribution in [0.5, 0.6) is 0 Å². The van der Waals surface area contributed by atoms with Crippen LogP contribution in [0.1, 0.15) is 18.9 Å². The van der Waals surface area contributed by atoms with Gasteiger partial charge in [0.05, 0.1) is 20.3 Å². The fourth-order valence-corrected chi connectivity index (χ4v) is 1.23. The predicted molar refractivity (Wildman–Crippen MR) is 82.7 cm³/mol. The van der Waals surface area contributed by atoms with Crippen molar-refractivity contribution in [3.63, 3.8) is 0 Å². The number of hydrogen-bond acceptors (Lipinski definition) is 5. The van der Waals surface area contributed by atoms with Crippen LogP contribution in [0.25, 0.3) is 0 Å². The summed E-state index contributed by atoms with van der Waals surface area (Å²) in [6, 6.07) is 9.84. The first-order valence-electron chi connectivity index (χ1n) is 6.76. The van der Waals surface area contributed by atoms with E-state index in [1.165, 1.54) is 14.0 Å². The number of carbonyl (C=O) groups is 2. The van der Waals surface area contributed by atoms with Crippen LogP contribution in [-0.4, -0.2) is 36.8 Å². The summed E-state index contributed by atoms with van der Waals surface area (Å²) in [4.78, 5) is 20.1. The van der Waals surface area contributed by atoms with E-state index < -0.39 is 12.0 Å². The maximum atomic E-state index is 10.5. The number of amides is 1. The van der Waals surface area contributed by atoms with Gasteiger partial charge in [-0.1, -0.05) is 42.5 Å². The van der Waals surface area contributed by atoms with E-state index >= 15 is 0 Å². The third kappa shape index (κ3) is 11.6. The second-order valence-corrected chi connectivity index (χ2v) is 4.32. The Labute approximate surface area is 130 Å². The highest BCUT2D eigenvalue weighted by molar-refractivity contribution is 5.78. The van der Waals surface area contributed by atoms with Gasteiger partial charge < -0.3 is 20.3 Å². The van der Waals surface area contributed by atoms with Gasteiger partial charge in [0.15, 0.2) is 0 Å². The van der Waals surface area contributed by atoms with Gasteiger partial charge >= 0.3 is 5.97 Å². The molecule has 122 valence electrons. The number of aliphatic hydroxyl groups is 1. The fraction of sp³-hybridized carbons (Fsp3) is 0.375. The molecular formula is C16H23NO5. The summed E-state index contributed by atoms with van der Waals surface area (Å²) < 4.78 is 9.49. The fourth-order valence-electron chi connectivity index (χ4n) is 1.23. The van der Waals surface area contributed by atoms with E-state index in [1.807, 2.05) is 30.3 Å². The molecule has 1 unspecified atom stereocenters. The molecule has 3 N–H and O–H groups in total. The molecule has 0 aliphatic heterocycles. The molecule has 1 aromatic carbocycles. The molecule has 0 aliphatic rings. The molecule has 22 heavy (non-hydrogen) atoms. The van der Waals surface area contributed by atoms with Crippen molar-refractivity contribution in [1.82, 2.24) is 0 Å². The van der Waals surface area contributed by atoms with Crippen LogP contribution < -0.4 is 5.73 Å². The SMILES string of the molecule is COC(C)=O.NC(=O)C(O)C/C=C/COCc1ccccc1. The molecule has 1 amide bonds. The van der Waals surface area contributed by atoms with Gasteiger partial charge in [0, 0.05) is 13.3 Å². The number of hydrogen-bond donors (Lipinski definition) is 2. The Kier molecular flexibility index (Phi) is 11.3. The van der Waals surface area contributed by atoms with Crippen molar-refractivity contribution in [1.29, 1.82) is 0 Å². The highest BCUT2D eigenvalue weighted by Gasteiger charge is 2.06. The van der Waals surface area contributed by atoms with Gasteiger partial charge in [-0.15, -0.1) is 0 Å². The first-order valence-corrected chi connectivity index (χ1v) is 6.76. The Hall–Kier alpha value is -2.18. The smallest absolute Gasteiger partial charge is 0.302 e. The zero-order valence-corrected chi connectivity index (χ0v) is 12.9. The van der Waals surface area contributed by atoms with E-state index in [2.05, 4.69) is 4.74 Å². The van der Waals surface area contributed by atoms with E-state index in [0.29, 0.717) is 13.2 Å². The minimum Gasteiger partial charge on any atom is -0.469 e. The Morgan fingerprint density at radius 3 is 2.36 bits per heavy atom. The standard InChI is InChI=1S/C13H17NO3.C3H6O2/c14-13(16)12(15)8-4-5-9-17-10-11-6-2-1-3-7-11;1-3(4)5-2/h1-7,12,15H,8-10H2,(H2,14,16);1-2H3/b5-4+;. The zero-order valence-electron chi connectivity index (χ0n) is 12.9. The van der Waals surface area contributed by atoms with Crippen molar-refractivity contribution in [3.05, 3.63) is 48.0 Å². The van der Waals surface area contributed by atoms with Gasteiger partial charge in [-0.3, -0.25) is 9.59 Å². The number of rotatable bonds is 7. The van der Waals surface area contributed by atoms with E-state index in [9.17, 15) is 9.59 Å². The van der Waals surface area contributed by atoms with Crippen molar-refractivity contribution in [2.45, 2.75) is 26.1 Å². The number of ether oxygens (including phenoxy) is 2. The summed E-state index contributed by atoms with van der Waals surface area (Å²) >= 11 is 0. The minimum absolute atomic E-state index is 0.226. The molecule has 0 aromatic heterocycles. The molecule has 0 radical (unpaired) electrons. The molecule has 1 atom stereocenters. The molecular weight excluding hydrogens is 286 g/mol. The summed E-state index contributed by atoms with van der Waals surface area (Å²) in [6.45, 7) is 2.35. The summed E-state index contributed by atoms with van der Waals surface area (Å²) in [7, 11) is 1.35. The second-order valence-electron chi connectivity index (χ2n) is 4.32. The molecule has 0 fully saturated rings. The number of carbonyl (C=O) groups excluding carboxylic acids is 2. The third-order valence-electron chi connectivity index (χ3n) is 2.47. The van der Waals surface area contributed by atoms with Crippen molar-refractivity contribution in [2.24, 2.45) is 5.73 Å². The Balaban J connectivity index is 0.000000763. The van der Waals surface area contributed by atoms with E-state index in [1.54, 1.807) is 12.2 Å². The van der Waals surface area contributed by atoms with Crippen molar-refractivity contribution in [3.8, 4) is 0 Å². The van der Waals surface area contributed by atoms with E-state index in [4.69, 9.17) is 15.6 Å². The normalized spacial score (nSPS) is 11.4. The van der Waals surface area contributed by atoms with Crippen molar-refractivity contribution >= 4 is 11.9 Å². The molecule has 1 rings (SSSR count). The van der Waals surface area contributed by atoms with Crippen LogP contribution in [0.3, 0.4) is 0 Å². The van der Waals surface area contributed by atoms with Gasteiger partial charge in [0.2, 0.25) is 5.91 Å². The van der Waals surface area contributed by atoms with Crippen LogP contribution in [0.2, 0.25) is 0 Å². The number of primary amides is 1. The molecule has 0 saturated heterocycles. The average molecular weight is 309 g/mol. The highest BCUT2D eigenvalue weighted by atomic mass is 16.5. The Morgan fingerprint density at radius 2 is 1.86 bits per heavy atom. The van der Waals surface area contributed by atoms with Gasteiger partial charge in [0.1, 0.15) is 6.10 Å². The van der Waals surface area contributed by atoms with Crippen LogP contribution in [-0.2, 0) is 25.7 Å². The van der Waals surface area contributed by atoms with Crippen LogP contribution >= 0.6 is 0 Å². The largest absolute Gasteiger partial charge is 0.469 e. The number of nitrogens with two attached hydrogens (primary N) is 1. The van der Waals surface area contributed by atoms with E-state index in [0.717, 1.165) is 5.56 Å². The lowest BCUT2D eigenvalue weighted by Crippen LogP contribution is -2.27. The molecule has 6 nitrogen and oxygen atoms in total. The van der Waals surface area contributed by atoms with Crippen LogP contribution in [0.15, 0.2) is 42.5 Å². The molecule has 0 saturated carbocycles. The van der Waals surface area contributed by atoms with E-state index in [-0.39, 0.29) is 12.4 Å². The second kappa shape index (κ2) is 12.6. The third-order valence-corrected chi connectivity index (χ3v) is 2.47. The lowest BCUT2D eigenvalue weighted by molar-refractivity contribution is -0.138.